The summed E-state index contributed by atoms with van der Waals surface area (Å²) in [6.45, 7) is 5.58. The van der Waals surface area contributed by atoms with E-state index < -0.39 is 0 Å². The van der Waals surface area contributed by atoms with Crippen LogP contribution in [-0.2, 0) is 17.8 Å². The number of pyridine rings is 1. The summed E-state index contributed by atoms with van der Waals surface area (Å²) in [5, 5.41) is 6.73. The summed E-state index contributed by atoms with van der Waals surface area (Å²) in [5.74, 6) is 2.43. The van der Waals surface area contributed by atoms with Crippen LogP contribution < -0.4 is 26.0 Å². The summed E-state index contributed by atoms with van der Waals surface area (Å²) in [4.78, 5) is 23.1. The lowest BCUT2D eigenvalue weighted by atomic mass is 9.96. The molecule has 4 N–H and O–H groups in total. The number of piperidine rings is 1. The number of hydrogen-bond donors (Lipinski definition) is 3. The van der Waals surface area contributed by atoms with Crippen molar-refractivity contribution in [2.75, 3.05) is 31.1 Å². The van der Waals surface area contributed by atoms with Crippen molar-refractivity contribution < 1.29 is 9.53 Å². The van der Waals surface area contributed by atoms with Crippen molar-refractivity contribution in [1.29, 1.82) is 0 Å². The molecule has 32 heavy (non-hydrogen) atoms. The Balaban J connectivity index is 1.37. The summed E-state index contributed by atoms with van der Waals surface area (Å²) < 4.78 is 6.03. The maximum Gasteiger partial charge on any atom is 0.220 e. The molecule has 1 aromatic heterocycles. The minimum absolute atomic E-state index is 0.0371. The van der Waals surface area contributed by atoms with E-state index in [1.165, 1.54) is 5.56 Å². The smallest absolute Gasteiger partial charge is 0.220 e. The van der Waals surface area contributed by atoms with Gasteiger partial charge in [-0.15, -0.1) is 0 Å². The third-order valence-corrected chi connectivity index (χ3v) is 6.03. The van der Waals surface area contributed by atoms with Gasteiger partial charge in [0.05, 0.1) is 13.1 Å². The summed E-state index contributed by atoms with van der Waals surface area (Å²) in [7, 11) is 0. The molecule has 1 amide bonds. The second-order valence-electron chi connectivity index (χ2n) is 8.28. The van der Waals surface area contributed by atoms with Gasteiger partial charge in [0.25, 0.3) is 0 Å². The lowest BCUT2D eigenvalue weighted by Crippen LogP contribution is -2.42. The van der Waals surface area contributed by atoms with Crippen molar-refractivity contribution in [2.24, 2.45) is 16.6 Å². The Kier molecular flexibility index (Phi) is 7.09. The Morgan fingerprint density at radius 2 is 2.03 bits per heavy atom. The minimum atomic E-state index is -0.203. The van der Waals surface area contributed by atoms with Crippen LogP contribution >= 0.6 is 0 Å². The highest BCUT2D eigenvalue weighted by Crippen LogP contribution is 2.28. The molecule has 1 atom stereocenters. The van der Waals surface area contributed by atoms with Crippen molar-refractivity contribution in [2.45, 2.75) is 38.8 Å². The third-order valence-electron chi connectivity index (χ3n) is 6.03. The lowest BCUT2D eigenvalue weighted by Gasteiger charge is -2.32. The van der Waals surface area contributed by atoms with Gasteiger partial charge in [0.1, 0.15) is 17.7 Å². The minimum Gasteiger partial charge on any atom is -0.488 e. The zero-order chi connectivity index (χ0) is 22.3. The number of nitrogens with one attached hydrogen (secondary N) is 2. The average molecular weight is 437 g/mol. The van der Waals surface area contributed by atoms with Crippen molar-refractivity contribution in [3.8, 4) is 5.75 Å². The highest BCUT2D eigenvalue weighted by molar-refractivity contribution is 5.80. The summed E-state index contributed by atoms with van der Waals surface area (Å²) >= 11 is 0. The molecule has 0 spiro atoms. The molecule has 2 aliphatic rings. The predicted molar refractivity (Wildman–Crippen MR) is 126 cm³/mol. The van der Waals surface area contributed by atoms with Crippen LogP contribution in [0.4, 0.5) is 5.82 Å². The van der Waals surface area contributed by atoms with Gasteiger partial charge in [0.2, 0.25) is 5.91 Å². The number of carbonyl (C=O) groups excluding carboxylic acids is 1. The van der Waals surface area contributed by atoms with Gasteiger partial charge < -0.3 is 26.0 Å². The first-order valence-corrected chi connectivity index (χ1v) is 11.4. The Hall–Kier alpha value is -3.29. The van der Waals surface area contributed by atoms with Crippen LogP contribution in [0.2, 0.25) is 0 Å². The number of carbonyl (C=O) groups is 1. The van der Waals surface area contributed by atoms with Crippen LogP contribution in [0.25, 0.3) is 0 Å². The standard InChI is InChI=1S/C24H32N6O2/c1-2-26-24(29-16-20-14-18-6-3-4-8-21(18)32-20)28-15-19-7-5-11-27-23(19)30-12-9-17(10-13-30)22(25)31/h3-8,11,17,20H,2,9-10,12-16H2,1H3,(H2,25,31)(H2,26,28,29). The number of nitrogens with two attached hydrogens (primary N) is 1. The quantitative estimate of drug-likeness (QED) is 0.452. The second kappa shape index (κ2) is 10.3. The molecule has 0 radical (unpaired) electrons. The van der Waals surface area contributed by atoms with Crippen LogP contribution in [0.1, 0.15) is 30.9 Å². The normalized spacial score (nSPS) is 18.7. The number of aliphatic imine (C=N–C) groups is 1. The molecule has 1 aromatic carbocycles. The Morgan fingerprint density at radius 1 is 1.22 bits per heavy atom. The van der Waals surface area contributed by atoms with Gasteiger partial charge in [0.15, 0.2) is 5.96 Å². The molecule has 0 bridgehead atoms. The number of para-hydroxylation sites is 1. The van der Waals surface area contributed by atoms with E-state index >= 15 is 0 Å². The molecule has 0 saturated carbocycles. The SMILES string of the molecule is CCNC(=NCc1cccnc1N1CCC(C(N)=O)CC1)NCC1Cc2ccccc2O1. The fourth-order valence-corrected chi connectivity index (χ4v) is 4.30. The molecule has 8 nitrogen and oxygen atoms in total. The fraction of sp³-hybridized carbons (Fsp3) is 0.458. The maximum absolute atomic E-state index is 11.5. The van der Waals surface area contributed by atoms with E-state index in [0.717, 1.165) is 62.0 Å². The highest BCUT2D eigenvalue weighted by Gasteiger charge is 2.25. The van der Waals surface area contributed by atoms with Gasteiger partial charge in [-0.25, -0.2) is 9.98 Å². The number of ether oxygens (including phenoxy) is 1. The Morgan fingerprint density at radius 3 is 2.78 bits per heavy atom. The second-order valence-corrected chi connectivity index (χ2v) is 8.28. The monoisotopic (exact) mass is 436 g/mol. The molecule has 4 rings (SSSR count). The molecule has 2 aliphatic heterocycles. The van der Waals surface area contributed by atoms with Crippen molar-refractivity contribution >= 4 is 17.7 Å². The molecular formula is C24H32N6O2. The van der Waals surface area contributed by atoms with Gasteiger partial charge in [-0.3, -0.25) is 4.79 Å². The Bertz CT molecular complexity index is 930. The van der Waals surface area contributed by atoms with Gasteiger partial charge in [-0.1, -0.05) is 24.3 Å². The van der Waals surface area contributed by atoms with Crippen molar-refractivity contribution in [3.63, 3.8) is 0 Å². The van der Waals surface area contributed by atoms with Gasteiger partial charge in [0, 0.05) is 43.7 Å². The number of anilines is 1. The van der Waals surface area contributed by atoms with Crippen molar-refractivity contribution in [1.82, 2.24) is 15.6 Å². The zero-order valence-electron chi connectivity index (χ0n) is 18.6. The molecule has 1 unspecified atom stereocenters. The zero-order valence-corrected chi connectivity index (χ0v) is 18.6. The topological polar surface area (TPSA) is 105 Å². The van der Waals surface area contributed by atoms with E-state index in [0.29, 0.717) is 13.1 Å². The first-order valence-electron chi connectivity index (χ1n) is 11.4. The first kappa shape index (κ1) is 21.9. The average Bonchev–Trinajstić information content (AvgIpc) is 3.24. The Labute approximate surface area is 189 Å². The van der Waals surface area contributed by atoms with E-state index in [4.69, 9.17) is 15.5 Å². The number of rotatable bonds is 7. The molecular weight excluding hydrogens is 404 g/mol. The van der Waals surface area contributed by atoms with Gasteiger partial charge in [-0.2, -0.15) is 0 Å². The van der Waals surface area contributed by atoms with Crippen LogP contribution in [0, 0.1) is 5.92 Å². The number of hydrogen-bond acceptors (Lipinski definition) is 5. The molecule has 0 aliphatic carbocycles. The summed E-state index contributed by atoms with van der Waals surface area (Å²) in [6, 6.07) is 12.2. The fourth-order valence-electron chi connectivity index (χ4n) is 4.30. The van der Waals surface area contributed by atoms with Crippen LogP contribution in [0.15, 0.2) is 47.6 Å². The highest BCUT2D eigenvalue weighted by atomic mass is 16.5. The van der Waals surface area contributed by atoms with E-state index in [9.17, 15) is 4.79 Å². The largest absolute Gasteiger partial charge is 0.488 e. The number of nitrogens with zero attached hydrogens (tertiary/aromatic N) is 3. The van der Waals surface area contributed by atoms with Crippen LogP contribution in [0.3, 0.4) is 0 Å². The van der Waals surface area contributed by atoms with E-state index in [-0.39, 0.29) is 17.9 Å². The molecule has 1 fully saturated rings. The number of guanidine groups is 1. The molecule has 170 valence electrons. The molecule has 1 saturated heterocycles. The van der Waals surface area contributed by atoms with Crippen molar-refractivity contribution in [3.05, 3.63) is 53.7 Å². The predicted octanol–water partition coefficient (Wildman–Crippen LogP) is 1.84. The van der Waals surface area contributed by atoms with Gasteiger partial charge in [-0.05, 0) is 37.5 Å². The first-order chi connectivity index (χ1) is 15.6. The van der Waals surface area contributed by atoms with Crippen LogP contribution in [-0.4, -0.2) is 49.1 Å². The molecule has 8 heteroatoms. The van der Waals surface area contributed by atoms with E-state index in [2.05, 4.69) is 39.6 Å². The number of primary amides is 1. The number of amides is 1. The van der Waals surface area contributed by atoms with E-state index in [1.54, 1.807) is 6.20 Å². The maximum atomic E-state index is 11.5. The van der Waals surface area contributed by atoms with E-state index in [1.807, 2.05) is 24.3 Å². The number of aromatic nitrogens is 1. The number of fused-ring (bicyclic) bond motifs is 1. The van der Waals surface area contributed by atoms with Gasteiger partial charge >= 0.3 is 0 Å². The molecule has 2 aromatic rings. The molecule has 3 heterocycles. The lowest BCUT2D eigenvalue weighted by molar-refractivity contribution is -0.122. The summed E-state index contributed by atoms with van der Waals surface area (Å²) in [5.41, 5.74) is 7.79. The number of benzene rings is 1. The summed E-state index contributed by atoms with van der Waals surface area (Å²) in [6.07, 6.45) is 4.33. The third kappa shape index (κ3) is 5.30. The van der Waals surface area contributed by atoms with Crippen LogP contribution in [0.5, 0.6) is 5.75 Å².